The van der Waals surface area contributed by atoms with Crippen molar-refractivity contribution in [3.05, 3.63) is 35.9 Å². The monoisotopic (exact) mass is 379 g/mol. The molecule has 2 aliphatic heterocycles. The van der Waals surface area contributed by atoms with E-state index in [0.717, 1.165) is 5.56 Å². The highest BCUT2D eigenvalue weighted by molar-refractivity contribution is 7.91. The van der Waals surface area contributed by atoms with Crippen LogP contribution in [0.4, 0.5) is 4.79 Å². The fourth-order valence-electron chi connectivity index (χ4n) is 3.80. The summed E-state index contributed by atoms with van der Waals surface area (Å²) in [5, 5.41) is 0. The number of nitrogens with zero attached hydrogens (tertiary/aromatic N) is 3. The summed E-state index contributed by atoms with van der Waals surface area (Å²) in [5.41, 5.74) is 1.08. The molecule has 1 aromatic rings. The molecule has 2 heterocycles. The summed E-state index contributed by atoms with van der Waals surface area (Å²) in [4.78, 5) is 29.9. The van der Waals surface area contributed by atoms with Gasteiger partial charge in [0.05, 0.1) is 23.6 Å². The van der Waals surface area contributed by atoms with Crippen LogP contribution in [0.5, 0.6) is 0 Å². The molecule has 2 aliphatic rings. The molecular weight excluding hydrogens is 354 g/mol. The summed E-state index contributed by atoms with van der Waals surface area (Å²) in [6.07, 6.45) is 0.968. The predicted molar refractivity (Wildman–Crippen MR) is 98.5 cm³/mol. The third kappa shape index (κ3) is 3.85. The normalized spacial score (nSPS) is 24.2. The molecule has 7 nitrogen and oxygen atoms in total. The number of rotatable bonds is 3. The number of hydrogen-bond acceptors (Lipinski definition) is 4. The van der Waals surface area contributed by atoms with E-state index in [9.17, 15) is 18.0 Å². The van der Waals surface area contributed by atoms with Crippen LogP contribution in [0.3, 0.4) is 0 Å². The highest BCUT2D eigenvalue weighted by Crippen LogP contribution is 2.28. The Kier molecular flexibility index (Phi) is 5.22. The average molecular weight is 379 g/mol. The number of piperazine rings is 1. The first kappa shape index (κ1) is 18.7. The van der Waals surface area contributed by atoms with Crippen molar-refractivity contribution in [1.29, 1.82) is 0 Å². The zero-order valence-electron chi connectivity index (χ0n) is 15.2. The largest absolute Gasteiger partial charge is 0.335 e. The quantitative estimate of drug-likeness (QED) is 0.771. The maximum Gasteiger partial charge on any atom is 0.319 e. The Morgan fingerprint density at radius 1 is 1.04 bits per heavy atom. The van der Waals surface area contributed by atoms with Crippen molar-refractivity contribution in [3.63, 3.8) is 0 Å². The van der Waals surface area contributed by atoms with Gasteiger partial charge in [0.1, 0.15) is 0 Å². The van der Waals surface area contributed by atoms with Crippen LogP contribution in [-0.4, -0.2) is 85.8 Å². The van der Waals surface area contributed by atoms with Gasteiger partial charge < -0.3 is 14.7 Å². The van der Waals surface area contributed by atoms with Crippen LogP contribution in [-0.2, 0) is 21.1 Å². The van der Waals surface area contributed by atoms with Crippen LogP contribution in [0.15, 0.2) is 30.3 Å². The Morgan fingerprint density at radius 2 is 1.62 bits per heavy atom. The molecule has 2 atom stereocenters. The average Bonchev–Trinajstić information content (AvgIpc) is 2.93. The van der Waals surface area contributed by atoms with Crippen LogP contribution in [0.1, 0.15) is 12.0 Å². The fraction of sp³-hybridized carbons (Fsp3) is 0.556. The Hall–Kier alpha value is -2.09. The molecule has 142 valence electrons. The topological polar surface area (TPSA) is 78.0 Å². The maximum atomic E-state index is 12.8. The van der Waals surface area contributed by atoms with E-state index in [1.165, 1.54) is 4.90 Å². The summed E-state index contributed by atoms with van der Waals surface area (Å²) in [5.74, 6) is -0.177. The standard InChI is InChI=1S/C18H25N3O4S/c1-19(2)18(23)21-11-10-20(15-12-26(24,25)13-16(15)21)17(22)9-8-14-6-4-3-5-7-14/h3-7,15-16H,8-13H2,1-2H3/t15-,16+/m1/s1. The van der Waals surface area contributed by atoms with E-state index in [-0.39, 0.29) is 23.4 Å². The number of aryl methyl sites for hydroxylation is 1. The molecule has 2 saturated heterocycles. The van der Waals surface area contributed by atoms with E-state index in [0.29, 0.717) is 25.9 Å². The van der Waals surface area contributed by atoms with Crippen molar-refractivity contribution < 1.29 is 18.0 Å². The van der Waals surface area contributed by atoms with Gasteiger partial charge in [-0.25, -0.2) is 13.2 Å². The van der Waals surface area contributed by atoms with Gasteiger partial charge in [-0.1, -0.05) is 30.3 Å². The Labute approximate surface area is 154 Å². The summed E-state index contributed by atoms with van der Waals surface area (Å²) >= 11 is 0. The number of urea groups is 1. The fourth-order valence-corrected chi connectivity index (χ4v) is 5.78. The highest BCUT2D eigenvalue weighted by atomic mass is 32.2. The molecule has 0 radical (unpaired) electrons. The molecule has 1 aromatic carbocycles. The maximum absolute atomic E-state index is 12.8. The van der Waals surface area contributed by atoms with Crippen molar-refractivity contribution in [3.8, 4) is 0 Å². The number of carbonyl (C=O) groups is 2. The minimum atomic E-state index is -3.26. The van der Waals surface area contributed by atoms with Crippen LogP contribution in [0.2, 0.25) is 0 Å². The van der Waals surface area contributed by atoms with Crippen LogP contribution in [0, 0.1) is 0 Å². The molecule has 0 bridgehead atoms. The van der Waals surface area contributed by atoms with Crippen molar-refractivity contribution >= 4 is 21.8 Å². The van der Waals surface area contributed by atoms with Crippen molar-refractivity contribution in [2.75, 3.05) is 38.7 Å². The lowest BCUT2D eigenvalue weighted by Crippen LogP contribution is -2.63. The number of hydrogen-bond donors (Lipinski definition) is 0. The molecule has 0 aliphatic carbocycles. The molecule has 3 amide bonds. The van der Waals surface area contributed by atoms with Gasteiger partial charge >= 0.3 is 6.03 Å². The Balaban J connectivity index is 1.73. The second-order valence-corrected chi connectivity index (χ2v) is 9.31. The predicted octanol–water partition coefficient (Wildman–Crippen LogP) is 0.611. The van der Waals surface area contributed by atoms with E-state index < -0.39 is 21.9 Å². The van der Waals surface area contributed by atoms with Gasteiger partial charge in [0.25, 0.3) is 0 Å². The number of fused-ring (bicyclic) bond motifs is 1. The molecule has 8 heteroatoms. The molecule has 0 saturated carbocycles. The van der Waals surface area contributed by atoms with Crippen molar-refractivity contribution in [2.45, 2.75) is 24.9 Å². The van der Waals surface area contributed by atoms with Crippen LogP contribution in [0.25, 0.3) is 0 Å². The molecule has 0 unspecified atom stereocenters. The highest BCUT2D eigenvalue weighted by Gasteiger charge is 2.49. The Morgan fingerprint density at radius 3 is 2.23 bits per heavy atom. The number of amides is 3. The lowest BCUT2D eigenvalue weighted by molar-refractivity contribution is -0.136. The first-order valence-electron chi connectivity index (χ1n) is 8.80. The molecule has 26 heavy (non-hydrogen) atoms. The van der Waals surface area contributed by atoms with E-state index in [1.54, 1.807) is 23.9 Å². The summed E-state index contributed by atoms with van der Waals surface area (Å²) < 4.78 is 24.4. The van der Waals surface area contributed by atoms with Gasteiger partial charge in [-0.15, -0.1) is 0 Å². The summed E-state index contributed by atoms with van der Waals surface area (Å²) in [6.45, 7) is 0.745. The van der Waals surface area contributed by atoms with Crippen LogP contribution >= 0.6 is 0 Å². The van der Waals surface area contributed by atoms with Gasteiger partial charge in [0, 0.05) is 33.6 Å². The van der Waals surface area contributed by atoms with Gasteiger partial charge in [-0.05, 0) is 12.0 Å². The lowest BCUT2D eigenvalue weighted by Gasteiger charge is -2.44. The van der Waals surface area contributed by atoms with Gasteiger partial charge in [-0.3, -0.25) is 4.79 Å². The first-order valence-corrected chi connectivity index (χ1v) is 10.6. The number of benzene rings is 1. The first-order chi connectivity index (χ1) is 12.3. The molecule has 0 aromatic heterocycles. The molecular formula is C18H25N3O4S. The SMILES string of the molecule is CN(C)C(=O)N1CCN(C(=O)CCc2ccccc2)[C@@H]2CS(=O)(=O)C[C@@H]21. The van der Waals surface area contributed by atoms with Gasteiger partial charge in [0.2, 0.25) is 5.91 Å². The Bertz CT molecular complexity index is 779. The smallest absolute Gasteiger partial charge is 0.319 e. The summed E-state index contributed by atoms with van der Waals surface area (Å²) in [6, 6.07) is 8.66. The second kappa shape index (κ2) is 7.26. The van der Waals surface area contributed by atoms with E-state index in [2.05, 4.69) is 0 Å². The molecule has 0 N–H and O–H groups in total. The zero-order valence-corrected chi connectivity index (χ0v) is 16.0. The lowest BCUT2D eigenvalue weighted by atomic mass is 10.0. The molecule has 3 rings (SSSR count). The summed E-state index contributed by atoms with van der Waals surface area (Å²) in [7, 11) is 0.0411. The number of sulfone groups is 1. The van der Waals surface area contributed by atoms with E-state index in [1.807, 2.05) is 30.3 Å². The van der Waals surface area contributed by atoms with Gasteiger partial charge in [0.15, 0.2) is 9.84 Å². The van der Waals surface area contributed by atoms with Crippen LogP contribution < -0.4 is 0 Å². The minimum Gasteiger partial charge on any atom is -0.335 e. The van der Waals surface area contributed by atoms with Crippen molar-refractivity contribution in [2.24, 2.45) is 0 Å². The second-order valence-electron chi connectivity index (χ2n) is 7.15. The third-order valence-electron chi connectivity index (χ3n) is 5.09. The molecule has 2 fully saturated rings. The zero-order chi connectivity index (χ0) is 18.9. The van der Waals surface area contributed by atoms with Crippen molar-refractivity contribution in [1.82, 2.24) is 14.7 Å². The van der Waals surface area contributed by atoms with E-state index >= 15 is 0 Å². The minimum absolute atomic E-state index is 0.0436. The third-order valence-corrected chi connectivity index (χ3v) is 6.79. The molecule has 0 spiro atoms. The number of carbonyl (C=O) groups excluding carboxylic acids is 2. The van der Waals surface area contributed by atoms with Gasteiger partial charge in [-0.2, -0.15) is 0 Å². The van der Waals surface area contributed by atoms with E-state index in [4.69, 9.17) is 0 Å².